The number of imidazole rings is 1. The van der Waals surface area contributed by atoms with Crippen LogP contribution in [0.4, 0.5) is 5.82 Å². The molecule has 4 heterocycles. The Morgan fingerprint density at radius 3 is 2.88 bits per heavy atom. The summed E-state index contributed by atoms with van der Waals surface area (Å²) in [5.41, 5.74) is 8.00. The van der Waals surface area contributed by atoms with E-state index in [4.69, 9.17) is 15.2 Å². The molecule has 0 saturated carbocycles. The predicted molar refractivity (Wildman–Crippen MR) is 90.3 cm³/mol. The van der Waals surface area contributed by atoms with E-state index in [0.29, 0.717) is 31.0 Å². The SMILES string of the molecule is Nc1nc2nc3c1[nH]c(=O)n3Cc1cccc(n1)COCCCCO2. The molecule has 0 radical (unpaired) electrons. The van der Waals surface area contributed by atoms with E-state index in [9.17, 15) is 4.79 Å². The lowest BCUT2D eigenvalue weighted by atomic mass is 10.3. The molecule has 0 spiro atoms. The van der Waals surface area contributed by atoms with Crippen molar-refractivity contribution >= 4 is 17.0 Å². The number of pyridine rings is 1. The number of aromatic nitrogens is 5. The number of nitrogen functional groups attached to an aromatic ring is 1. The summed E-state index contributed by atoms with van der Waals surface area (Å²) in [5.74, 6) is 0.185. The van der Waals surface area contributed by atoms with Crippen molar-refractivity contribution in [3.8, 4) is 6.01 Å². The van der Waals surface area contributed by atoms with Crippen LogP contribution in [-0.2, 0) is 17.9 Å². The van der Waals surface area contributed by atoms with E-state index < -0.39 is 0 Å². The Bertz CT molecular complexity index is 964. The molecule has 3 N–H and O–H groups in total. The molecular weight excluding hydrogens is 324 g/mol. The van der Waals surface area contributed by atoms with E-state index in [1.54, 1.807) is 0 Å². The first-order valence-electron chi connectivity index (χ1n) is 8.12. The van der Waals surface area contributed by atoms with Crippen LogP contribution in [-0.4, -0.2) is 37.7 Å². The average molecular weight is 342 g/mol. The number of anilines is 1. The largest absolute Gasteiger partial charge is 0.463 e. The topological polar surface area (TPSA) is 121 Å². The summed E-state index contributed by atoms with van der Waals surface area (Å²) >= 11 is 0. The molecule has 3 aromatic rings. The molecule has 0 atom stereocenters. The van der Waals surface area contributed by atoms with Crippen molar-refractivity contribution in [1.82, 2.24) is 24.5 Å². The Labute approximate surface area is 142 Å². The summed E-state index contributed by atoms with van der Waals surface area (Å²) in [6.45, 7) is 1.78. The lowest BCUT2D eigenvalue weighted by Gasteiger charge is -2.06. The smallest absolute Gasteiger partial charge is 0.328 e. The zero-order chi connectivity index (χ0) is 17.2. The van der Waals surface area contributed by atoms with Gasteiger partial charge in [-0.05, 0) is 25.0 Å². The fourth-order valence-electron chi connectivity index (χ4n) is 2.75. The molecule has 3 aromatic heterocycles. The molecule has 4 bridgehead atoms. The van der Waals surface area contributed by atoms with Gasteiger partial charge in [0.2, 0.25) is 0 Å². The van der Waals surface area contributed by atoms with E-state index in [1.807, 2.05) is 18.2 Å². The molecule has 0 amide bonds. The van der Waals surface area contributed by atoms with E-state index in [2.05, 4.69) is 19.9 Å². The number of aromatic amines is 1. The standard InChI is InChI=1S/C16H18N6O3/c17-13-12-14-21-15(20-13)25-7-2-1-6-24-9-11-5-3-4-10(18-11)8-22(14)16(23)19-12/h3-5H,1-2,6-9H2,(H,19,23)(H2,17,20,21). The van der Waals surface area contributed by atoms with Crippen LogP contribution in [0.1, 0.15) is 24.2 Å². The number of hydrogen-bond donors (Lipinski definition) is 2. The number of rotatable bonds is 0. The van der Waals surface area contributed by atoms with Crippen LogP contribution in [0.5, 0.6) is 6.01 Å². The first kappa shape index (κ1) is 15.6. The summed E-state index contributed by atoms with van der Waals surface area (Å²) in [5, 5.41) is 0. The average Bonchev–Trinajstić information content (AvgIpc) is 2.90. The van der Waals surface area contributed by atoms with Crippen molar-refractivity contribution in [2.24, 2.45) is 0 Å². The van der Waals surface area contributed by atoms with Crippen molar-refractivity contribution in [2.45, 2.75) is 26.0 Å². The van der Waals surface area contributed by atoms with Gasteiger partial charge in [-0.15, -0.1) is 0 Å². The third-order valence-electron chi connectivity index (χ3n) is 3.98. The summed E-state index contributed by atoms with van der Waals surface area (Å²) in [4.78, 5) is 28.0. The number of nitrogens with zero attached hydrogens (tertiary/aromatic N) is 4. The molecule has 130 valence electrons. The Hall–Kier alpha value is -2.94. The lowest BCUT2D eigenvalue weighted by molar-refractivity contribution is 0.110. The fraction of sp³-hybridized carbons (Fsp3) is 0.375. The molecule has 1 aliphatic rings. The first-order chi connectivity index (χ1) is 12.2. The van der Waals surface area contributed by atoms with Crippen LogP contribution < -0.4 is 16.2 Å². The molecule has 0 aliphatic carbocycles. The third kappa shape index (κ3) is 3.18. The van der Waals surface area contributed by atoms with Gasteiger partial charge < -0.3 is 20.2 Å². The van der Waals surface area contributed by atoms with Gasteiger partial charge in [0.05, 0.1) is 31.1 Å². The second kappa shape index (κ2) is 6.52. The van der Waals surface area contributed by atoms with Gasteiger partial charge in [-0.1, -0.05) is 6.07 Å². The minimum atomic E-state index is -0.319. The monoisotopic (exact) mass is 342 g/mol. The van der Waals surface area contributed by atoms with Gasteiger partial charge in [0.15, 0.2) is 11.5 Å². The highest BCUT2D eigenvalue weighted by molar-refractivity contribution is 5.81. The minimum Gasteiger partial charge on any atom is -0.463 e. The Morgan fingerprint density at radius 1 is 1.12 bits per heavy atom. The Morgan fingerprint density at radius 2 is 1.96 bits per heavy atom. The van der Waals surface area contributed by atoms with Crippen LogP contribution in [0.25, 0.3) is 11.2 Å². The Balaban J connectivity index is 1.82. The Kier molecular flexibility index (Phi) is 4.06. The summed E-state index contributed by atoms with van der Waals surface area (Å²) < 4.78 is 12.7. The van der Waals surface area contributed by atoms with Gasteiger partial charge in [-0.25, -0.2) is 4.79 Å². The van der Waals surface area contributed by atoms with Crippen LogP contribution in [0.15, 0.2) is 23.0 Å². The van der Waals surface area contributed by atoms with Crippen molar-refractivity contribution in [1.29, 1.82) is 0 Å². The van der Waals surface area contributed by atoms with E-state index in [-0.39, 0.29) is 24.1 Å². The highest BCUT2D eigenvalue weighted by Gasteiger charge is 2.15. The molecule has 9 nitrogen and oxygen atoms in total. The highest BCUT2D eigenvalue weighted by atomic mass is 16.5. The number of nitrogens with one attached hydrogen (secondary N) is 1. The summed E-state index contributed by atoms with van der Waals surface area (Å²) in [7, 11) is 0. The molecule has 0 aromatic carbocycles. The lowest BCUT2D eigenvalue weighted by Crippen LogP contribution is -2.18. The van der Waals surface area contributed by atoms with Gasteiger partial charge in [0.25, 0.3) is 0 Å². The van der Waals surface area contributed by atoms with Crippen molar-refractivity contribution in [2.75, 3.05) is 18.9 Å². The van der Waals surface area contributed by atoms with Gasteiger partial charge in [0, 0.05) is 6.61 Å². The van der Waals surface area contributed by atoms with E-state index in [1.165, 1.54) is 4.57 Å². The number of hydrogen-bond acceptors (Lipinski definition) is 7. The maximum absolute atomic E-state index is 12.3. The van der Waals surface area contributed by atoms with Crippen LogP contribution in [0, 0.1) is 0 Å². The number of H-pyrrole nitrogens is 1. The zero-order valence-electron chi connectivity index (χ0n) is 13.6. The maximum Gasteiger partial charge on any atom is 0.328 e. The molecule has 1 aliphatic heterocycles. The van der Waals surface area contributed by atoms with Crippen molar-refractivity contribution in [3.05, 3.63) is 40.1 Å². The molecular formula is C16H18N6O3. The molecule has 4 rings (SSSR count). The van der Waals surface area contributed by atoms with E-state index in [0.717, 1.165) is 24.2 Å². The van der Waals surface area contributed by atoms with Crippen LogP contribution >= 0.6 is 0 Å². The normalized spacial score (nSPS) is 15.5. The van der Waals surface area contributed by atoms with Crippen molar-refractivity contribution in [3.63, 3.8) is 0 Å². The summed E-state index contributed by atoms with van der Waals surface area (Å²) in [6.07, 6.45) is 1.65. The highest BCUT2D eigenvalue weighted by Crippen LogP contribution is 2.18. The van der Waals surface area contributed by atoms with Gasteiger partial charge in [-0.3, -0.25) is 9.55 Å². The summed E-state index contributed by atoms with van der Waals surface area (Å²) in [6, 6.07) is 5.82. The maximum atomic E-state index is 12.3. The third-order valence-corrected chi connectivity index (χ3v) is 3.98. The quantitative estimate of drug-likeness (QED) is 0.621. The first-order valence-corrected chi connectivity index (χ1v) is 8.12. The van der Waals surface area contributed by atoms with Gasteiger partial charge in [-0.2, -0.15) is 9.97 Å². The molecule has 9 heteroatoms. The molecule has 0 saturated heterocycles. The van der Waals surface area contributed by atoms with E-state index >= 15 is 0 Å². The van der Waals surface area contributed by atoms with Gasteiger partial charge >= 0.3 is 11.7 Å². The van der Waals surface area contributed by atoms with Crippen molar-refractivity contribution < 1.29 is 9.47 Å². The molecule has 25 heavy (non-hydrogen) atoms. The number of fused-ring (bicyclic) bond motifs is 3. The predicted octanol–water partition coefficient (Wildman–Crippen LogP) is 0.834. The van der Waals surface area contributed by atoms with Gasteiger partial charge in [0.1, 0.15) is 5.52 Å². The molecule has 0 fully saturated rings. The molecule has 0 unspecified atom stereocenters. The fourth-order valence-corrected chi connectivity index (χ4v) is 2.75. The number of nitrogens with two attached hydrogens (primary N) is 1. The van der Waals surface area contributed by atoms with Crippen LogP contribution in [0.3, 0.4) is 0 Å². The minimum absolute atomic E-state index is 0.162. The number of ether oxygens (including phenoxy) is 2. The zero-order valence-corrected chi connectivity index (χ0v) is 13.6. The second-order valence-electron chi connectivity index (χ2n) is 5.83. The van der Waals surface area contributed by atoms with Crippen LogP contribution in [0.2, 0.25) is 0 Å². The second-order valence-corrected chi connectivity index (χ2v) is 5.83.